The van der Waals surface area contributed by atoms with Crippen LogP contribution in [0.3, 0.4) is 0 Å². The average molecular weight is 674 g/mol. The Morgan fingerprint density at radius 1 is 0.939 bits per heavy atom. The highest BCUT2D eigenvalue weighted by molar-refractivity contribution is 6.16. The van der Waals surface area contributed by atoms with E-state index in [9.17, 15) is 18.8 Å². The molecule has 11 nitrogen and oxygen atoms in total. The number of anilines is 2. The molecule has 1 saturated carbocycles. The molecule has 1 atom stereocenters. The molecule has 0 radical (unpaired) electrons. The molecule has 3 aromatic carbocycles. The molecule has 4 N–H and O–H groups in total. The van der Waals surface area contributed by atoms with Gasteiger partial charge in [-0.15, -0.1) is 0 Å². The van der Waals surface area contributed by atoms with Gasteiger partial charge < -0.3 is 30.6 Å². The van der Waals surface area contributed by atoms with E-state index in [-0.39, 0.29) is 24.0 Å². The van der Waals surface area contributed by atoms with Gasteiger partial charge >= 0.3 is 5.97 Å². The van der Waals surface area contributed by atoms with E-state index in [4.69, 9.17) is 19.9 Å². The zero-order valence-corrected chi connectivity index (χ0v) is 26.8. The zero-order chi connectivity index (χ0) is 34.4. The maximum absolute atomic E-state index is 15.2. The zero-order valence-electron chi connectivity index (χ0n) is 26.8. The van der Waals surface area contributed by atoms with Crippen LogP contribution in [0.15, 0.2) is 72.9 Å². The van der Waals surface area contributed by atoms with Gasteiger partial charge in [0, 0.05) is 47.7 Å². The van der Waals surface area contributed by atoms with E-state index in [2.05, 4.69) is 20.5 Å². The summed E-state index contributed by atoms with van der Waals surface area (Å²) in [6.45, 7) is 2.49. The van der Waals surface area contributed by atoms with Crippen LogP contribution in [0.1, 0.15) is 32.1 Å². The fraction of sp³-hybridized carbons (Fsp3) is 0.333. The van der Waals surface area contributed by atoms with Crippen LogP contribution in [-0.4, -0.2) is 66.6 Å². The summed E-state index contributed by atoms with van der Waals surface area (Å²) in [6.07, 6.45) is 5.06. The van der Waals surface area contributed by atoms with E-state index in [1.165, 1.54) is 36.4 Å². The monoisotopic (exact) mass is 673 g/mol. The number of esters is 1. The van der Waals surface area contributed by atoms with Crippen LogP contribution in [0.25, 0.3) is 10.9 Å². The summed E-state index contributed by atoms with van der Waals surface area (Å²) in [6, 6.07) is 16.5. The van der Waals surface area contributed by atoms with Gasteiger partial charge in [0.2, 0.25) is 11.8 Å². The quantitative estimate of drug-likeness (QED) is 0.0911. The summed E-state index contributed by atoms with van der Waals surface area (Å²) >= 11 is 0. The lowest BCUT2D eigenvalue weighted by Gasteiger charge is -2.24. The van der Waals surface area contributed by atoms with Crippen molar-refractivity contribution in [3.63, 3.8) is 0 Å². The van der Waals surface area contributed by atoms with Crippen LogP contribution in [0, 0.1) is 17.0 Å². The molecule has 2 amide bonds. The number of aromatic nitrogens is 1. The molecule has 0 bridgehead atoms. The molecule has 2 heterocycles. The number of nitrogens with two attached hydrogens (primary N) is 1. The number of likely N-dealkylation sites (tertiary alicyclic amines) is 1. The number of hydrogen-bond acceptors (Lipinski definition) is 9. The first-order chi connectivity index (χ1) is 23.7. The van der Waals surface area contributed by atoms with Gasteiger partial charge in [-0.05, 0) is 93.2 Å². The summed E-state index contributed by atoms with van der Waals surface area (Å²) < 4.78 is 45.5. The van der Waals surface area contributed by atoms with Crippen LogP contribution in [0.4, 0.5) is 20.2 Å². The SMILES string of the molecule is NCC(=O)OC[C@@H]1CCCN1CCCOc1ccc2c(Oc3ccc(NC(=O)C4(C(=O)Nc5ccc(F)cc5)CC4)cc3F)ccnc2c1. The fourth-order valence-corrected chi connectivity index (χ4v) is 5.86. The summed E-state index contributed by atoms with van der Waals surface area (Å²) in [5.74, 6) is -1.63. The Balaban J connectivity index is 1.02. The molecule has 13 heteroatoms. The van der Waals surface area contributed by atoms with Crippen molar-refractivity contribution in [1.29, 1.82) is 0 Å². The number of pyridine rings is 1. The van der Waals surface area contributed by atoms with Crippen molar-refractivity contribution in [2.75, 3.05) is 43.5 Å². The van der Waals surface area contributed by atoms with E-state index in [1.54, 1.807) is 30.5 Å². The Bertz CT molecular complexity index is 1830. The average Bonchev–Trinajstić information content (AvgIpc) is 3.81. The normalized spacial score (nSPS) is 16.6. The Labute approximate surface area is 281 Å². The highest BCUT2D eigenvalue weighted by Crippen LogP contribution is 2.47. The number of nitrogens with zero attached hydrogens (tertiary/aromatic N) is 2. The van der Waals surface area contributed by atoms with Crippen molar-refractivity contribution in [1.82, 2.24) is 9.88 Å². The van der Waals surface area contributed by atoms with Crippen molar-refractivity contribution in [3.8, 4) is 17.2 Å². The van der Waals surface area contributed by atoms with Gasteiger partial charge in [-0.2, -0.15) is 0 Å². The van der Waals surface area contributed by atoms with Gasteiger partial charge in [0.1, 0.15) is 29.3 Å². The Morgan fingerprint density at radius 2 is 1.69 bits per heavy atom. The molecule has 1 aliphatic heterocycles. The van der Waals surface area contributed by atoms with Crippen LogP contribution < -0.4 is 25.8 Å². The minimum atomic E-state index is -1.28. The predicted molar refractivity (Wildman–Crippen MR) is 178 cm³/mol. The fourth-order valence-electron chi connectivity index (χ4n) is 5.86. The third-order valence-electron chi connectivity index (χ3n) is 8.77. The topological polar surface area (TPSA) is 145 Å². The summed E-state index contributed by atoms with van der Waals surface area (Å²) in [4.78, 5) is 44.0. The number of fused-ring (bicyclic) bond motifs is 1. The van der Waals surface area contributed by atoms with Crippen molar-refractivity contribution < 1.29 is 37.4 Å². The van der Waals surface area contributed by atoms with Gasteiger partial charge in [0.25, 0.3) is 0 Å². The molecule has 0 spiro atoms. The number of amides is 2. The molecule has 49 heavy (non-hydrogen) atoms. The minimum Gasteiger partial charge on any atom is -0.493 e. The molecule has 1 saturated heterocycles. The highest BCUT2D eigenvalue weighted by Gasteiger charge is 2.56. The number of ether oxygens (including phenoxy) is 3. The largest absolute Gasteiger partial charge is 0.493 e. The first-order valence-electron chi connectivity index (χ1n) is 16.2. The third-order valence-corrected chi connectivity index (χ3v) is 8.77. The van der Waals surface area contributed by atoms with E-state index in [0.717, 1.165) is 38.4 Å². The van der Waals surface area contributed by atoms with Gasteiger partial charge in [0.05, 0.1) is 18.7 Å². The lowest BCUT2D eigenvalue weighted by molar-refractivity contribution is -0.143. The summed E-state index contributed by atoms with van der Waals surface area (Å²) in [7, 11) is 0. The van der Waals surface area contributed by atoms with Gasteiger partial charge in [-0.25, -0.2) is 8.78 Å². The Hall–Kier alpha value is -5.14. The second-order valence-electron chi connectivity index (χ2n) is 12.2. The van der Waals surface area contributed by atoms with E-state index < -0.39 is 34.8 Å². The molecule has 256 valence electrons. The van der Waals surface area contributed by atoms with Crippen LogP contribution in [0.5, 0.6) is 17.2 Å². The van der Waals surface area contributed by atoms with Gasteiger partial charge in [-0.1, -0.05) is 0 Å². The lowest BCUT2D eigenvalue weighted by Crippen LogP contribution is -2.36. The van der Waals surface area contributed by atoms with Crippen molar-refractivity contribution in [2.45, 2.75) is 38.1 Å². The number of rotatable bonds is 14. The maximum atomic E-state index is 15.2. The first-order valence-corrected chi connectivity index (χ1v) is 16.2. The number of nitrogens with one attached hydrogen (secondary N) is 2. The van der Waals surface area contributed by atoms with E-state index in [0.29, 0.717) is 54.1 Å². The molecule has 6 rings (SSSR count). The molecular weight excluding hydrogens is 636 g/mol. The summed E-state index contributed by atoms with van der Waals surface area (Å²) in [5.41, 5.74) is 5.20. The lowest BCUT2D eigenvalue weighted by atomic mass is 10.0. The first kappa shape index (κ1) is 33.7. The predicted octanol–water partition coefficient (Wildman–Crippen LogP) is 5.40. The van der Waals surface area contributed by atoms with Crippen molar-refractivity contribution >= 4 is 40.1 Å². The third kappa shape index (κ3) is 8.12. The minimum absolute atomic E-state index is 0.0565. The Kier molecular flexibility index (Phi) is 10.3. The van der Waals surface area contributed by atoms with Crippen molar-refractivity contribution in [3.05, 3.63) is 84.6 Å². The van der Waals surface area contributed by atoms with Gasteiger partial charge in [0.15, 0.2) is 11.6 Å². The number of carbonyl (C=O) groups is 3. The Morgan fingerprint density at radius 3 is 2.43 bits per heavy atom. The smallest absolute Gasteiger partial charge is 0.319 e. The molecular formula is C36H37F2N5O6. The molecule has 1 aliphatic carbocycles. The maximum Gasteiger partial charge on any atom is 0.319 e. The van der Waals surface area contributed by atoms with E-state index in [1.807, 2.05) is 0 Å². The van der Waals surface area contributed by atoms with Crippen LogP contribution >= 0.6 is 0 Å². The molecule has 1 aromatic heterocycles. The molecule has 0 unspecified atom stereocenters. The molecule has 4 aromatic rings. The second kappa shape index (κ2) is 15.0. The van der Waals surface area contributed by atoms with Gasteiger partial charge in [-0.3, -0.25) is 24.3 Å². The van der Waals surface area contributed by atoms with E-state index >= 15 is 4.39 Å². The number of benzene rings is 3. The van der Waals surface area contributed by atoms with Crippen LogP contribution in [0.2, 0.25) is 0 Å². The number of hydrogen-bond donors (Lipinski definition) is 3. The van der Waals surface area contributed by atoms with Crippen molar-refractivity contribution in [2.24, 2.45) is 11.1 Å². The molecule has 2 aliphatic rings. The number of halogens is 2. The molecule has 2 fully saturated rings. The standard InChI is InChI=1S/C36H37F2N5O6/c37-23-4-6-24(7-5-23)41-34(45)36(13-14-36)35(46)42-25-8-11-32(29(38)19-25)49-31-12-15-40-30-20-27(9-10-28(30)31)47-18-2-17-43-16-1-3-26(43)22-48-33(44)21-39/h4-12,15,19-20,26H,1-3,13-14,16-18,21-22,39H2,(H,41,45)(H,42,46)/t26-/m0/s1. The van der Waals surface area contributed by atoms with Crippen LogP contribution in [-0.2, 0) is 19.1 Å². The second-order valence-corrected chi connectivity index (χ2v) is 12.2. The highest BCUT2D eigenvalue weighted by atomic mass is 19.1. The summed E-state index contributed by atoms with van der Waals surface area (Å²) in [5, 5.41) is 5.94. The number of carbonyl (C=O) groups excluding carboxylic acids is 3.